The monoisotopic (exact) mass is 555 g/mol. The molecule has 2 unspecified atom stereocenters. The van der Waals surface area contributed by atoms with Gasteiger partial charge in [0.05, 0.1) is 0 Å². The number of ether oxygens (including phenoxy) is 1. The van der Waals surface area contributed by atoms with E-state index in [1.54, 1.807) is 6.07 Å². The molecule has 0 fully saturated rings. The molecule has 5 rings (SSSR count). The number of aliphatic imine (C=N–C) groups is 2. The van der Waals surface area contributed by atoms with Crippen LogP contribution >= 0.6 is 15.9 Å². The molecule has 6 nitrogen and oxygen atoms in total. The molecule has 0 amide bonds. The fraction of sp³-hybridized carbons (Fsp3) is 0.259. The number of amidine groups is 1. The van der Waals surface area contributed by atoms with Crippen LogP contribution in [-0.2, 0) is 15.8 Å². The summed E-state index contributed by atoms with van der Waals surface area (Å²) in [5.74, 6) is -1.20. The minimum atomic E-state index is -0.850. The van der Waals surface area contributed by atoms with Crippen LogP contribution in [0.5, 0.6) is 0 Å². The third-order valence-corrected chi connectivity index (χ3v) is 6.83. The molecule has 0 saturated heterocycles. The Balaban J connectivity index is 0.000000187. The first kappa shape index (κ1) is 25.6. The highest BCUT2D eigenvalue weighted by Crippen LogP contribution is 2.33. The lowest BCUT2D eigenvalue weighted by atomic mass is 9.90. The van der Waals surface area contributed by atoms with Gasteiger partial charge < -0.3 is 21.1 Å². The number of nitrogens with zero attached hydrogens (tertiary/aromatic N) is 3. The number of hydrogen-bond acceptors (Lipinski definition) is 6. The first-order chi connectivity index (χ1) is 17.0. The highest BCUT2D eigenvalue weighted by molar-refractivity contribution is 9.10. The summed E-state index contributed by atoms with van der Waals surface area (Å²) >= 11 is 3.43. The summed E-state index contributed by atoms with van der Waals surface area (Å²) in [5, 5.41) is 0. The van der Waals surface area contributed by atoms with E-state index in [0.717, 1.165) is 27.2 Å². The van der Waals surface area contributed by atoms with Crippen LogP contribution in [0.2, 0.25) is 0 Å². The summed E-state index contributed by atoms with van der Waals surface area (Å²) in [4.78, 5) is 10.7. The highest BCUT2D eigenvalue weighted by Gasteiger charge is 2.34. The fourth-order valence-corrected chi connectivity index (χ4v) is 4.67. The van der Waals surface area contributed by atoms with Crippen LogP contribution < -0.4 is 11.5 Å². The number of halogens is 3. The molecule has 2 atom stereocenters. The zero-order valence-electron chi connectivity index (χ0n) is 20.3. The maximum atomic E-state index is 13.4. The molecular weight excluding hydrogens is 528 g/mol. The van der Waals surface area contributed by atoms with Crippen molar-refractivity contribution in [2.45, 2.75) is 24.9 Å². The SMILES string of the molecule is CC1(c2cccc(Br)c2)COC(N)=N1.CN1CC(C)(c2cccc(-c3ccc(F)c(F)c3)c2)N=C1N. The topological polar surface area (TPSA) is 89.2 Å². The van der Waals surface area contributed by atoms with Crippen molar-refractivity contribution in [2.24, 2.45) is 21.5 Å². The first-order valence-corrected chi connectivity index (χ1v) is 12.1. The van der Waals surface area contributed by atoms with E-state index in [1.165, 1.54) is 6.07 Å². The maximum absolute atomic E-state index is 13.4. The van der Waals surface area contributed by atoms with Crippen LogP contribution in [0.1, 0.15) is 25.0 Å². The molecule has 36 heavy (non-hydrogen) atoms. The lowest BCUT2D eigenvalue weighted by Gasteiger charge is -2.23. The van der Waals surface area contributed by atoms with Crippen molar-refractivity contribution in [1.82, 2.24) is 4.90 Å². The number of guanidine groups is 1. The molecule has 3 aromatic rings. The van der Waals surface area contributed by atoms with Crippen molar-refractivity contribution in [1.29, 1.82) is 0 Å². The standard InChI is InChI=1S/C17H17F2N3.C10H11BrN2O/c1-17(10-22(2)16(20)21-17)13-5-3-4-11(8-13)12-6-7-14(18)15(19)9-12;1-10(6-14-9(12)13-10)7-3-2-4-8(11)5-7/h3-9H,10H2,1-2H3,(H2,20,21);2-5H,6H2,1H3,(H2,12,13). The number of rotatable bonds is 3. The lowest BCUT2D eigenvalue weighted by molar-refractivity contribution is 0.266. The van der Waals surface area contributed by atoms with Gasteiger partial charge in [0, 0.05) is 18.1 Å². The number of nitrogens with two attached hydrogens (primary N) is 2. The summed E-state index contributed by atoms with van der Waals surface area (Å²) in [6.07, 6.45) is 0. The third-order valence-electron chi connectivity index (χ3n) is 6.34. The van der Waals surface area contributed by atoms with Gasteiger partial charge in [-0.1, -0.05) is 52.3 Å². The predicted molar refractivity (Wildman–Crippen MR) is 142 cm³/mol. The Morgan fingerprint density at radius 2 is 1.53 bits per heavy atom. The van der Waals surface area contributed by atoms with E-state index in [9.17, 15) is 8.78 Å². The summed E-state index contributed by atoms with van der Waals surface area (Å²) in [6.45, 7) is 5.21. The van der Waals surface area contributed by atoms with E-state index in [1.807, 2.05) is 74.3 Å². The van der Waals surface area contributed by atoms with E-state index < -0.39 is 17.2 Å². The van der Waals surface area contributed by atoms with Crippen molar-refractivity contribution in [2.75, 3.05) is 20.2 Å². The minimum Gasteiger partial charge on any atom is -0.462 e. The second-order valence-corrected chi connectivity index (χ2v) is 10.2. The second kappa shape index (κ2) is 9.89. The Bertz CT molecular complexity index is 1350. The highest BCUT2D eigenvalue weighted by atomic mass is 79.9. The number of likely N-dealkylation sites (N-methyl/N-ethyl adjacent to an activating group) is 1. The Hall–Kier alpha value is -3.46. The van der Waals surface area contributed by atoms with Gasteiger partial charge in [0.2, 0.25) is 0 Å². The van der Waals surface area contributed by atoms with Crippen molar-refractivity contribution < 1.29 is 13.5 Å². The summed E-state index contributed by atoms with van der Waals surface area (Å²) in [6, 6.07) is 19.9. The molecule has 0 radical (unpaired) electrons. The van der Waals surface area contributed by atoms with Crippen molar-refractivity contribution in [3.8, 4) is 11.1 Å². The van der Waals surface area contributed by atoms with E-state index in [4.69, 9.17) is 16.2 Å². The molecule has 9 heteroatoms. The normalized spacial score (nSPS) is 22.9. The average molecular weight is 556 g/mol. The molecule has 188 valence electrons. The van der Waals surface area contributed by atoms with Crippen molar-refractivity contribution >= 4 is 27.9 Å². The molecule has 2 aliphatic heterocycles. The molecular formula is C27H28BrF2N5O. The van der Waals surface area contributed by atoms with Gasteiger partial charge in [-0.25, -0.2) is 18.8 Å². The van der Waals surface area contributed by atoms with Crippen LogP contribution in [0.4, 0.5) is 8.78 Å². The Morgan fingerprint density at radius 1 is 0.861 bits per heavy atom. The zero-order valence-corrected chi connectivity index (χ0v) is 21.9. The van der Waals surface area contributed by atoms with Crippen LogP contribution in [-0.4, -0.2) is 37.1 Å². The molecule has 3 aromatic carbocycles. The number of hydrogen-bond donors (Lipinski definition) is 2. The van der Waals surface area contributed by atoms with E-state index in [2.05, 4.69) is 25.9 Å². The Kier molecular flexibility index (Phi) is 7.04. The fourth-order valence-electron chi connectivity index (χ4n) is 4.28. The van der Waals surface area contributed by atoms with E-state index >= 15 is 0 Å². The molecule has 0 bridgehead atoms. The van der Waals surface area contributed by atoms with Gasteiger partial charge in [0.1, 0.15) is 17.7 Å². The van der Waals surface area contributed by atoms with Crippen LogP contribution in [0, 0.1) is 11.6 Å². The van der Waals surface area contributed by atoms with Gasteiger partial charge in [-0.2, -0.15) is 0 Å². The van der Waals surface area contributed by atoms with Gasteiger partial charge in [0.15, 0.2) is 17.6 Å². The van der Waals surface area contributed by atoms with Crippen molar-refractivity contribution in [3.05, 3.63) is 94.0 Å². The average Bonchev–Trinajstić information content (AvgIpc) is 3.34. The minimum absolute atomic E-state index is 0.271. The van der Waals surface area contributed by atoms with Gasteiger partial charge in [-0.15, -0.1) is 0 Å². The van der Waals surface area contributed by atoms with Crippen LogP contribution in [0.3, 0.4) is 0 Å². The summed E-state index contributed by atoms with van der Waals surface area (Å²) < 4.78 is 32.7. The van der Waals surface area contributed by atoms with E-state index in [-0.39, 0.29) is 11.6 Å². The van der Waals surface area contributed by atoms with Gasteiger partial charge in [0.25, 0.3) is 6.02 Å². The molecule has 2 aliphatic rings. The summed E-state index contributed by atoms with van der Waals surface area (Å²) in [5.41, 5.74) is 14.1. The summed E-state index contributed by atoms with van der Waals surface area (Å²) in [7, 11) is 1.89. The molecule has 0 saturated carbocycles. The smallest absolute Gasteiger partial charge is 0.283 e. The third kappa shape index (κ3) is 5.36. The zero-order chi connectivity index (χ0) is 26.1. The van der Waals surface area contributed by atoms with Gasteiger partial charge >= 0.3 is 0 Å². The largest absolute Gasteiger partial charge is 0.462 e. The Morgan fingerprint density at radius 3 is 2.11 bits per heavy atom. The lowest BCUT2D eigenvalue weighted by Crippen LogP contribution is -2.32. The van der Waals surface area contributed by atoms with Crippen molar-refractivity contribution in [3.63, 3.8) is 0 Å². The van der Waals surface area contributed by atoms with E-state index in [0.29, 0.717) is 24.7 Å². The number of benzene rings is 3. The van der Waals surface area contributed by atoms with Crippen LogP contribution in [0.15, 0.2) is 81.2 Å². The molecule has 2 heterocycles. The second-order valence-electron chi connectivity index (χ2n) is 9.33. The van der Waals surface area contributed by atoms with Gasteiger partial charge in [-0.3, -0.25) is 0 Å². The molecule has 0 aromatic heterocycles. The van der Waals surface area contributed by atoms with Gasteiger partial charge in [-0.05, 0) is 66.4 Å². The maximum Gasteiger partial charge on any atom is 0.283 e. The Labute approximate surface area is 217 Å². The van der Waals surface area contributed by atoms with Crippen LogP contribution in [0.25, 0.3) is 11.1 Å². The molecule has 4 N–H and O–H groups in total. The predicted octanol–water partition coefficient (Wildman–Crippen LogP) is 5.12. The first-order valence-electron chi connectivity index (χ1n) is 11.4. The quantitative estimate of drug-likeness (QED) is 0.469. The molecule has 0 aliphatic carbocycles. The molecule has 0 spiro atoms.